The molecule has 0 aromatic heterocycles. The Kier molecular flexibility index (Phi) is 8.26. The van der Waals surface area contributed by atoms with Crippen LogP contribution in [0.4, 0.5) is 0 Å². The van der Waals surface area contributed by atoms with E-state index in [1.807, 2.05) is 0 Å². The molecule has 2 fully saturated rings. The van der Waals surface area contributed by atoms with Crippen LogP contribution in [0.2, 0.25) is 0 Å². The second-order valence-electron chi connectivity index (χ2n) is 11.4. The van der Waals surface area contributed by atoms with Gasteiger partial charge in [0.1, 0.15) is 0 Å². The topological polar surface area (TPSA) is 40.5 Å². The molecule has 27 heavy (non-hydrogen) atoms. The molecule has 0 aliphatic heterocycles. The molecule has 0 spiro atoms. The third-order valence-corrected chi connectivity index (χ3v) is 9.73. The van der Waals surface area contributed by atoms with E-state index >= 15 is 0 Å². The van der Waals surface area contributed by atoms with Crippen LogP contribution in [0, 0.1) is 53.3 Å². The lowest BCUT2D eigenvalue weighted by Crippen LogP contribution is -2.49. The number of hydrogen-bond acceptors (Lipinski definition) is 2. The molecule has 0 aromatic carbocycles. The largest absolute Gasteiger partial charge is 0.350 e. The molecule has 2 aliphatic rings. The molecule has 0 bridgehead atoms. The number of hydrogen-bond donors (Lipinski definition) is 2. The maximum Gasteiger partial charge on any atom is 0.171 e. The lowest BCUT2D eigenvalue weighted by Gasteiger charge is -2.54. The molecule has 0 radical (unpaired) electrons. The Balaban J connectivity index is 2.49. The zero-order chi connectivity index (χ0) is 20.5. The summed E-state index contributed by atoms with van der Waals surface area (Å²) in [6.45, 7) is 18.7. The maximum absolute atomic E-state index is 10.5. The van der Waals surface area contributed by atoms with E-state index in [0.717, 1.165) is 23.7 Å². The van der Waals surface area contributed by atoms with Gasteiger partial charge in [0.25, 0.3) is 0 Å². The fourth-order valence-corrected chi connectivity index (χ4v) is 7.53. The van der Waals surface area contributed by atoms with Crippen molar-refractivity contribution in [2.45, 2.75) is 99.1 Å². The molecule has 160 valence electrons. The summed E-state index contributed by atoms with van der Waals surface area (Å²) >= 11 is 0. The van der Waals surface area contributed by atoms with Crippen LogP contribution in [0.1, 0.15) is 93.9 Å². The Morgan fingerprint density at radius 1 is 0.704 bits per heavy atom. The zero-order valence-corrected chi connectivity index (χ0v) is 20.2. The molecular weight excluding hydrogens is 351 g/mol. The highest BCUT2D eigenvalue weighted by molar-refractivity contribution is 7.47. The van der Waals surface area contributed by atoms with Gasteiger partial charge < -0.3 is 9.79 Å². The van der Waals surface area contributed by atoms with Crippen LogP contribution in [0.3, 0.4) is 0 Å². The molecule has 0 amide bonds. The molecule has 2 saturated carbocycles. The molecule has 2 aliphatic carbocycles. The van der Waals surface area contributed by atoms with Gasteiger partial charge in [-0.25, -0.2) is 0 Å². The van der Waals surface area contributed by atoms with Crippen molar-refractivity contribution in [2.75, 3.05) is 0 Å². The van der Waals surface area contributed by atoms with Crippen LogP contribution in [-0.2, 0) is 0 Å². The first-order chi connectivity index (χ1) is 12.5. The van der Waals surface area contributed by atoms with E-state index < -0.39 is 8.38 Å². The Labute approximate surface area is 170 Å². The Bertz CT molecular complexity index is 427. The van der Waals surface area contributed by atoms with Crippen LogP contribution in [0.15, 0.2) is 0 Å². The third-order valence-electron chi connectivity index (χ3n) is 8.40. The summed E-state index contributed by atoms with van der Waals surface area (Å²) in [6.07, 6.45) is 7.87. The molecule has 2 rings (SSSR count). The molecular formula is C24H47O2P. The van der Waals surface area contributed by atoms with E-state index in [4.69, 9.17) is 0 Å². The zero-order valence-electron chi connectivity index (χ0n) is 19.3. The van der Waals surface area contributed by atoms with E-state index in [1.165, 1.54) is 38.5 Å². The summed E-state index contributed by atoms with van der Waals surface area (Å²) < 4.78 is 0. The predicted molar refractivity (Wildman–Crippen MR) is 119 cm³/mol. The van der Waals surface area contributed by atoms with Crippen molar-refractivity contribution in [3.8, 4) is 0 Å². The minimum absolute atomic E-state index is 0.390. The van der Waals surface area contributed by atoms with Crippen molar-refractivity contribution in [1.29, 1.82) is 0 Å². The molecule has 0 aromatic rings. The molecule has 0 heterocycles. The van der Waals surface area contributed by atoms with Crippen molar-refractivity contribution in [3.05, 3.63) is 0 Å². The Morgan fingerprint density at radius 2 is 1.07 bits per heavy atom. The van der Waals surface area contributed by atoms with Gasteiger partial charge in [-0.15, -0.1) is 0 Å². The summed E-state index contributed by atoms with van der Waals surface area (Å²) in [5.74, 6) is 6.04. The molecule has 6 atom stereocenters. The second-order valence-corrected chi connectivity index (χ2v) is 13.2. The lowest BCUT2D eigenvalue weighted by molar-refractivity contribution is -0.0117. The van der Waals surface area contributed by atoms with Gasteiger partial charge in [-0.1, -0.05) is 68.2 Å². The second kappa shape index (κ2) is 9.44. The molecule has 6 unspecified atom stereocenters. The minimum atomic E-state index is -1.94. The van der Waals surface area contributed by atoms with Gasteiger partial charge in [0.05, 0.1) is 0 Å². The molecule has 2 nitrogen and oxygen atoms in total. The first-order valence-corrected chi connectivity index (χ1v) is 12.9. The summed E-state index contributed by atoms with van der Waals surface area (Å²) in [6, 6.07) is 0. The van der Waals surface area contributed by atoms with Crippen LogP contribution < -0.4 is 0 Å². The predicted octanol–water partition coefficient (Wildman–Crippen LogP) is 7.09. The van der Waals surface area contributed by atoms with Gasteiger partial charge >= 0.3 is 0 Å². The molecule has 2 N–H and O–H groups in total. The van der Waals surface area contributed by atoms with Gasteiger partial charge in [0.15, 0.2) is 8.38 Å². The van der Waals surface area contributed by atoms with Crippen LogP contribution in [0.25, 0.3) is 0 Å². The molecule has 3 heteroatoms. The van der Waals surface area contributed by atoms with Gasteiger partial charge in [0.2, 0.25) is 0 Å². The van der Waals surface area contributed by atoms with Crippen molar-refractivity contribution < 1.29 is 9.79 Å². The van der Waals surface area contributed by atoms with Crippen molar-refractivity contribution in [3.63, 3.8) is 0 Å². The molecule has 0 saturated heterocycles. The van der Waals surface area contributed by atoms with E-state index in [-0.39, 0.29) is 5.16 Å². The standard InChI is InChI=1S/C24H47O2P/c1-15(2)19-11-9-17(5)13-21(19)23(24(7,8)27(25)26)22-14-18(6)10-12-20(22)16(3)4/h15-23,25-26H,9-14H2,1-8H3. The van der Waals surface area contributed by atoms with E-state index in [1.54, 1.807) is 0 Å². The average molecular weight is 399 g/mol. The average Bonchev–Trinajstić information content (AvgIpc) is 2.54. The highest BCUT2D eigenvalue weighted by atomic mass is 31.2. The lowest BCUT2D eigenvalue weighted by atomic mass is 9.54. The highest BCUT2D eigenvalue weighted by Crippen LogP contribution is 2.60. The van der Waals surface area contributed by atoms with E-state index in [9.17, 15) is 9.79 Å². The smallest absolute Gasteiger partial charge is 0.171 e. The minimum Gasteiger partial charge on any atom is -0.350 e. The monoisotopic (exact) mass is 398 g/mol. The van der Waals surface area contributed by atoms with Crippen LogP contribution in [-0.4, -0.2) is 14.9 Å². The summed E-state index contributed by atoms with van der Waals surface area (Å²) in [4.78, 5) is 21.0. The van der Waals surface area contributed by atoms with Crippen molar-refractivity contribution >= 4 is 8.38 Å². The fraction of sp³-hybridized carbons (Fsp3) is 1.00. The van der Waals surface area contributed by atoms with Crippen LogP contribution >= 0.6 is 8.38 Å². The van der Waals surface area contributed by atoms with Gasteiger partial charge in [-0.3, -0.25) is 0 Å². The maximum atomic E-state index is 10.5. The van der Waals surface area contributed by atoms with Gasteiger partial charge in [-0.05, 0) is 78.9 Å². The Hall–Kier alpha value is 0.350. The first kappa shape index (κ1) is 23.6. The normalized spacial score (nSPS) is 37.2. The van der Waals surface area contributed by atoms with Crippen molar-refractivity contribution in [2.24, 2.45) is 53.3 Å². The summed E-state index contributed by atoms with van der Waals surface area (Å²) in [7, 11) is -1.94. The van der Waals surface area contributed by atoms with Crippen LogP contribution in [0.5, 0.6) is 0 Å². The Morgan fingerprint density at radius 3 is 1.37 bits per heavy atom. The summed E-state index contributed by atoms with van der Waals surface area (Å²) in [5, 5.41) is -0.390. The fourth-order valence-electron chi connectivity index (χ4n) is 6.88. The van der Waals surface area contributed by atoms with Gasteiger partial charge in [0, 0.05) is 5.16 Å². The van der Waals surface area contributed by atoms with Crippen molar-refractivity contribution in [1.82, 2.24) is 0 Å². The van der Waals surface area contributed by atoms with Gasteiger partial charge in [-0.2, -0.15) is 0 Å². The quantitative estimate of drug-likeness (QED) is 0.469. The highest BCUT2D eigenvalue weighted by Gasteiger charge is 2.51. The first-order valence-electron chi connectivity index (χ1n) is 11.6. The van der Waals surface area contributed by atoms with E-state index in [0.29, 0.717) is 29.6 Å². The summed E-state index contributed by atoms with van der Waals surface area (Å²) in [5.41, 5.74) is 0. The SMILES string of the molecule is CC1CCC(C(C)C)C(C(C2CC(C)CCC2C(C)C)C(C)(C)P(O)O)C1. The number of rotatable bonds is 6. The van der Waals surface area contributed by atoms with E-state index in [2.05, 4.69) is 55.4 Å². The third kappa shape index (κ3) is 5.29.